The van der Waals surface area contributed by atoms with Gasteiger partial charge in [-0.15, -0.1) is 0 Å². The van der Waals surface area contributed by atoms with Crippen molar-refractivity contribution in [3.63, 3.8) is 0 Å². The zero-order valence-corrected chi connectivity index (χ0v) is 13.6. The maximum absolute atomic E-state index is 12.5. The van der Waals surface area contributed by atoms with Crippen LogP contribution in [0.2, 0.25) is 0 Å². The Hall–Kier alpha value is -0.900. The average Bonchev–Trinajstić information content (AvgIpc) is 2.47. The predicted octanol–water partition coefficient (Wildman–Crippen LogP) is 3.52. The molecule has 0 aromatic rings. The van der Waals surface area contributed by atoms with Crippen LogP contribution in [0, 0.1) is 11.8 Å². The van der Waals surface area contributed by atoms with E-state index < -0.39 is 5.97 Å². The minimum Gasteiger partial charge on any atom is -0.481 e. The fourth-order valence-corrected chi connectivity index (χ4v) is 3.48. The molecule has 0 aromatic heterocycles. The molecule has 0 heterocycles. The molecule has 3 atom stereocenters. The second-order valence-corrected chi connectivity index (χ2v) is 6.93. The fourth-order valence-electron chi connectivity index (χ4n) is 3.48. The lowest BCUT2D eigenvalue weighted by atomic mass is 9.78. The Morgan fingerprint density at radius 2 is 1.90 bits per heavy atom. The van der Waals surface area contributed by atoms with Crippen LogP contribution in [-0.2, 0) is 9.59 Å². The molecule has 0 radical (unpaired) electrons. The molecule has 2 unspecified atom stereocenters. The largest absolute Gasteiger partial charge is 0.481 e. The summed E-state index contributed by atoms with van der Waals surface area (Å²) in [5, 5.41) is 8.69. The van der Waals surface area contributed by atoms with Crippen molar-refractivity contribution >= 4 is 11.8 Å². The summed E-state index contributed by atoms with van der Waals surface area (Å²) in [7, 11) is 0. The van der Waals surface area contributed by atoms with E-state index in [1.807, 2.05) is 0 Å². The van der Waals surface area contributed by atoms with Crippen LogP contribution in [0.5, 0.6) is 0 Å². The second-order valence-electron chi connectivity index (χ2n) is 6.93. The Kier molecular flexibility index (Phi) is 7.36. The highest BCUT2D eigenvalue weighted by Gasteiger charge is 2.30. The minimum absolute atomic E-state index is 0.0934. The van der Waals surface area contributed by atoms with Gasteiger partial charge in [-0.25, -0.2) is 0 Å². The molecular formula is C17H31NO3. The molecule has 0 spiro atoms. The Balaban J connectivity index is 2.63. The summed E-state index contributed by atoms with van der Waals surface area (Å²) in [5.41, 5.74) is 6.22. The highest BCUT2D eigenvalue weighted by atomic mass is 16.4. The summed E-state index contributed by atoms with van der Waals surface area (Å²) in [6, 6.07) is 0. The fraction of sp³-hybridized carbons (Fsp3) is 0.882. The molecule has 3 N–H and O–H groups in total. The highest BCUT2D eigenvalue weighted by Crippen LogP contribution is 2.33. The number of carbonyl (C=O) groups excluding carboxylic acids is 1. The van der Waals surface area contributed by atoms with E-state index in [9.17, 15) is 9.59 Å². The van der Waals surface area contributed by atoms with Crippen molar-refractivity contribution < 1.29 is 14.7 Å². The third-order valence-electron chi connectivity index (χ3n) is 4.92. The second kappa shape index (κ2) is 8.52. The van der Waals surface area contributed by atoms with Crippen molar-refractivity contribution in [3.8, 4) is 0 Å². The number of nitrogens with two attached hydrogens (primary N) is 1. The van der Waals surface area contributed by atoms with Gasteiger partial charge in [0.2, 0.25) is 0 Å². The van der Waals surface area contributed by atoms with Crippen LogP contribution in [0.1, 0.15) is 78.1 Å². The van der Waals surface area contributed by atoms with Crippen molar-refractivity contribution in [2.45, 2.75) is 83.6 Å². The lowest BCUT2D eigenvalue weighted by Gasteiger charge is -2.28. The maximum Gasteiger partial charge on any atom is 0.303 e. The van der Waals surface area contributed by atoms with Gasteiger partial charge in [0.25, 0.3) is 0 Å². The minimum atomic E-state index is -0.816. The van der Waals surface area contributed by atoms with Gasteiger partial charge in [0.1, 0.15) is 5.78 Å². The number of rotatable bonds is 6. The molecule has 0 aromatic carbocycles. The number of ketones is 1. The molecule has 1 aliphatic rings. The van der Waals surface area contributed by atoms with E-state index in [1.54, 1.807) is 0 Å². The summed E-state index contributed by atoms with van der Waals surface area (Å²) < 4.78 is 0. The van der Waals surface area contributed by atoms with Gasteiger partial charge in [0, 0.05) is 24.3 Å². The number of Topliss-reactive ketones (excluding diaryl/α,β-unsaturated/α-hetero) is 1. The van der Waals surface area contributed by atoms with Crippen LogP contribution in [0.25, 0.3) is 0 Å². The third kappa shape index (κ3) is 6.60. The summed E-state index contributed by atoms with van der Waals surface area (Å²) in [6.45, 7) is 4.27. The first kappa shape index (κ1) is 18.1. The highest BCUT2D eigenvalue weighted by molar-refractivity contribution is 5.81. The zero-order chi connectivity index (χ0) is 15.9. The van der Waals surface area contributed by atoms with Crippen LogP contribution >= 0.6 is 0 Å². The first-order valence-corrected chi connectivity index (χ1v) is 8.39. The normalized spacial score (nSPS) is 31.0. The molecule has 0 bridgehead atoms. The topological polar surface area (TPSA) is 80.4 Å². The van der Waals surface area contributed by atoms with Crippen LogP contribution < -0.4 is 5.73 Å². The number of hydrogen-bond acceptors (Lipinski definition) is 3. The molecule has 0 saturated heterocycles. The first-order valence-electron chi connectivity index (χ1n) is 8.39. The van der Waals surface area contributed by atoms with Crippen molar-refractivity contribution in [2.24, 2.45) is 17.6 Å². The van der Waals surface area contributed by atoms with Crippen molar-refractivity contribution in [1.29, 1.82) is 0 Å². The number of carboxylic acid groups (broad SMARTS) is 1. The van der Waals surface area contributed by atoms with Gasteiger partial charge in [-0.2, -0.15) is 0 Å². The number of carboxylic acids is 1. The van der Waals surface area contributed by atoms with E-state index in [4.69, 9.17) is 10.8 Å². The van der Waals surface area contributed by atoms with Crippen LogP contribution in [0.4, 0.5) is 0 Å². The predicted molar refractivity (Wildman–Crippen MR) is 84.1 cm³/mol. The Morgan fingerprint density at radius 1 is 1.19 bits per heavy atom. The summed E-state index contributed by atoms with van der Waals surface area (Å²) >= 11 is 0. The van der Waals surface area contributed by atoms with E-state index in [0.29, 0.717) is 18.8 Å². The molecule has 1 saturated carbocycles. The number of hydrogen-bond donors (Lipinski definition) is 2. The van der Waals surface area contributed by atoms with E-state index in [1.165, 1.54) is 0 Å². The molecular weight excluding hydrogens is 266 g/mol. The van der Waals surface area contributed by atoms with Crippen molar-refractivity contribution in [1.82, 2.24) is 0 Å². The SMILES string of the molecule is CCC1CC[C@](C)(N)CCCCC1C(=O)CCCC(=O)O. The van der Waals surface area contributed by atoms with Gasteiger partial charge < -0.3 is 10.8 Å². The van der Waals surface area contributed by atoms with E-state index in [2.05, 4.69) is 13.8 Å². The van der Waals surface area contributed by atoms with Crippen molar-refractivity contribution in [3.05, 3.63) is 0 Å². The first-order chi connectivity index (χ1) is 9.85. The van der Waals surface area contributed by atoms with Crippen LogP contribution in [0.15, 0.2) is 0 Å². The van der Waals surface area contributed by atoms with Crippen LogP contribution in [0.3, 0.4) is 0 Å². The van der Waals surface area contributed by atoms with Gasteiger partial charge in [-0.05, 0) is 44.9 Å². The molecule has 0 aliphatic heterocycles. The average molecular weight is 297 g/mol. The van der Waals surface area contributed by atoms with Gasteiger partial charge in [0.05, 0.1) is 0 Å². The van der Waals surface area contributed by atoms with Crippen molar-refractivity contribution in [2.75, 3.05) is 0 Å². The molecule has 21 heavy (non-hydrogen) atoms. The molecule has 4 heteroatoms. The maximum atomic E-state index is 12.5. The molecule has 1 rings (SSSR count). The lowest BCUT2D eigenvalue weighted by molar-refractivity contribution is -0.137. The van der Waals surface area contributed by atoms with Gasteiger partial charge in [-0.3, -0.25) is 9.59 Å². The monoisotopic (exact) mass is 297 g/mol. The van der Waals surface area contributed by atoms with Gasteiger partial charge in [0.15, 0.2) is 0 Å². The summed E-state index contributed by atoms with van der Waals surface area (Å²) in [6.07, 6.45) is 8.08. The van der Waals surface area contributed by atoms with Gasteiger partial charge in [-0.1, -0.05) is 26.2 Å². The standard InChI is InChI=1S/C17H31NO3/c1-3-13-10-12-17(2,18)11-5-4-7-14(13)15(19)8-6-9-16(20)21/h13-14H,3-12,18H2,1-2H3,(H,20,21)/t13?,14?,17-/m1/s1. The Morgan fingerprint density at radius 3 is 2.52 bits per heavy atom. The number of aliphatic carboxylic acids is 1. The van der Waals surface area contributed by atoms with E-state index in [-0.39, 0.29) is 23.7 Å². The molecule has 1 aliphatic carbocycles. The summed E-state index contributed by atoms with van der Waals surface area (Å²) in [4.78, 5) is 23.0. The Labute approximate surface area is 128 Å². The lowest BCUT2D eigenvalue weighted by Crippen LogP contribution is -2.36. The molecule has 1 fully saturated rings. The molecule has 122 valence electrons. The number of carbonyl (C=O) groups is 2. The zero-order valence-electron chi connectivity index (χ0n) is 13.6. The van der Waals surface area contributed by atoms with E-state index >= 15 is 0 Å². The smallest absolute Gasteiger partial charge is 0.303 e. The molecule has 4 nitrogen and oxygen atoms in total. The third-order valence-corrected chi connectivity index (χ3v) is 4.92. The Bertz CT molecular complexity index is 352. The quantitative estimate of drug-likeness (QED) is 0.786. The van der Waals surface area contributed by atoms with E-state index in [0.717, 1.165) is 44.9 Å². The van der Waals surface area contributed by atoms with Crippen LogP contribution in [-0.4, -0.2) is 22.4 Å². The summed E-state index contributed by atoms with van der Waals surface area (Å²) in [5.74, 6) is -0.0343. The van der Waals surface area contributed by atoms with Gasteiger partial charge >= 0.3 is 5.97 Å². The molecule has 0 amide bonds.